The van der Waals surface area contributed by atoms with Crippen molar-refractivity contribution in [2.75, 3.05) is 0 Å². The van der Waals surface area contributed by atoms with Gasteiger partial charge in [-0.15, -0.1) is 0 Å². The summed E-state index contributed by atoms with van der Waals surface area (Å²) in [6.07, 6.45) is 1.66. The van der Waals surface area contributed by atoms with E-state index in [0.717, 1.165) is 10.9 Å². The predicted molar refractivity (Wildman–Crippen MR) is 67.0 cm³/mol. The number of aryl methyl sites for hydroxylation is 1. The quantitative estimate of drug-likeness (QED) is 0.853. The van der Waals surface area contributed by atoms with E-state index in [-0.39, 0.29) is 12.1 Å². The molecular weight excluding hydrogens is 216 g/mol. The maximum absolute atomic E-state index is 12.2. The van der Waals surface area contributed by atoms with E-state index in [2.05, 4.69) is 5.10 Å². The Morgan fingerprint density at radius 3 is 2.76 bits per heavy atom. The maximum Gasteiger partial charge on any atom is 0.274 e. The lowest BCUT2D eigenvalue weighted by Crippen LogP contribution is -2.34. The molecule has 0 spiro atoms. The number of hydrogen-bond donors (Lipinski definition) is 1. The maximum atomic E-state index is 12.2. The highest BCUT2D eigenvalue weighted by molar-refractivity contribution is 5.83. The van der Waals surface area contributed by atoms with Crippen molar-refractivity contribution in [2.45, 2.75) is 32.9 Å². The minimum absolute atomic E-state index is 0.150. The molecule has 4 heteroatoms. The van der Waals surface area contributed by atoms with Crippen LogP contribution in [0, 0.1) is 6.92 Å². The van der Waals surface area contributed by atoms with Gasteiger partial charge in [-0.25, -0.2) is 4.68 Å². The van der Waals surface area contributed by atoms with E-state index < -0.39 is 5.60 Å². The van der Waals surface area contributed by atoms with Gasteiger partial charge in [-0.3, -0.25) is 4.79 Å². The number of fused-ring (bicyclic) bond motifs is 1. The topological polar surface area (TPSA) is 55.1 Å². The lowest BCUT2D eigenvalue weighted by molar-refractivity contribution is 0.0563. The summed E-state index contributed by atoms with van der Waals surface area (Å²) < 4.78 is 1.31. The van der Waals surface area contributed by atoms with Crippen molar-refractivity contribution in [1.29, 1.82) is 0 Å². The fourth-order valence-electron chi connectivity index (χ4n) is 1.88. The molecule has 0 atom stereocenters. The van der Waals surface area contributed by atoms with Crippen LogP contribution in [0.3, 0.4) is 0 Å². The molecule has 1 heterocycles. The van der Waals surface area contributed by atoms with Gasteiger partial charge in [0.25, 0.3) is 5.56 Å². The van der Waals surface area contributed by atoms with Crippen LogP contribution in [0.4, 0.5) is 0 Å². The normalized spacial score (nSPS) is 12.0. The molecule has 0 aliphatic heterocycles. The Bertz CT molecular complexity index is 609. The molecule has 0 aliphatic carbocycles. The zero-order valence-electron chi connectivity index (χ0n) is 10.3. The van der Waals surface area contributed by atoms with Crippen molar-refractivity contribution in [3.8, 4) is 0 Å². The van der Waals surface area contributed by atoms with Crippen LogP contribution in [0.5, 0.6) is 0 Å². The van der Waals surface area contributed by atoms with Gasteiger partial charge in [0.1, 0.15) is 0 Å². The first kappa shape index (κ1) is 11.8. The Hall–Kier alpha value is -1.68. The van der Waals surface area contributed by atoms with Crippen molar-refractivity contribution >= 4 is 10.8 Å². The van der Waals surface area contributed by atoms with Gasteiger partial charge in [-0.1, -0.05) is 18.2 Å². The molecule has 1 N–H and O–H groups in total. The molecule has 0 radical (unpaired) electrons. The fraction of sp³-hybridized carbons (Fsp3) is 0.385. The first-order chi connectivity index (χ1) is 7.88. The van der Waals surface area contributed by atoms with Crippen molar-refractivity contribution in [3.63, 3.8) is 0 Å². The highest BCUT2D eigenvalue weighted by Gasteiger charge is 2.16. The Morgan fingerprint density at radius 2 is 2.12 bits per heavy atom. The molecule has 0 saturated carbocycles. The lowest BCUT2D eigenvalue weighted by atomic mass is 10.1. The monoisotopic (exact) mass is 232 g/mol. The second kappa shape index (κ2) is 3.96. The lowest BCUT2D eigenvalue weighted by Gasteiger charge is -2.17. The van der Waals surface area contributed by atoms with Gasteiger partial charge in [0.2, 0.25) is 0 Å². The molecule has 1 aromatic carbocycles. The molecular formula is C13H16N2O2. The van der Waals surface area contributed by atoms with E-state index >= 15 is 0 Å². The van der Waals surface area contributed by atoms with Crippen LogP contribution >= 0.6 is 0 Å². The molecule has 2 aromatic rings. The molecule has 0 aliphatic rings. The van der Waals surface area contributed by atoms with Crippen LogP contribution in [0.1, 0.15) is 19.4 Å². The molecule has 0 amide bonds. The standard InChI is InChI=1S/C13H16N2O2/c1-9-5-4-6-10-7-14-15(8-13(2,3)17)12(16)11(9)10/h4-7,17H,8H2,1-3H3. The number of benzene rings is 1. The summed E-state index contributed by atoms with van der Waals surface area (Å²) in [5, 5.41) is 15.3. The zero-order valence-corrected chi connectivity index (χ0v) is 10.3. The van der Waals surface area contributed by atoms with Crippen LogP contribution in [0.2, 0.25) is 0 Å². The van der Waals surface area contributed by atoms with Crippen LogP contribution in [-0.2, 0) is 6.54 Å². The summed E-state index contributed by atoms with van der Waals surface area (Å²) in [5.41, 5.74) is -0.171. The van der Waals surface area contributed by atoms with Gasteiger partial charge in [0.15, 0.2) is 0 Å². The number of aliphatic hydroxyl groups is 1. The largest absolute Gasteiger partial charge is 0.389 e. The predicted octanol–water partition coefficient (Wildman–Crippen LogP) is 1.48. The third-order valence-corrected chi connectivity index (χ3v) is 2.63. The van der Waals surface area contributed by atoms with Gasteiger partial charge >= 0.3 is 0 Å². The smallest absolute Gasteiger partial charge is 0.274 e. The summed E-state index contributed by atoms with van der Waals surface area (Å²) in [6, 6.07) is 5.67. The molecule has 0 saturated heterocycles. The summed E-state index contributed by atoms with van der Waals surface area (Å²) in [4.78, 5) is 12.2. The van der Waals surface area contributed by atoms with Crippen molar-refractivity contribution in [1.82, 2.24) is 9.78 Å². The van der Waals surface area contributed by atoms with Crippen molar-refractivity contribution in [3.05, 3.63) is 40.3 Å². The molecule has 0 bridgehead atoms. The number of hydrogen-bond acceptors (Lipinski definition) is 3. The molecule has 90 valence electrons. The van der Waals surface area contributed by atoms with Gasteiger partial charge in [0, 0.05) is 5.39 Å². The van der Waals surface area contributed by atoms with Gasteiger partial charge in [0.05, 0.1) is 23.7 Å². The average molecular weight is 232 g/mol. The number of rotatable bonds is 2. The second-order valence-corrected chi connectivity index (χ2v) is 4.96. The van der Waals surface area contributed by atoms with E-state index in [1.807, 2.05) is 25.1 Å². The van der Waals surface area contributed by atoms with Crippen molar-refractivity contribution < 1.29 is 5.11 Å². The zero-order chi connectivity index (χ0) is 12.6. The van der Waals surface area contributed by atoms with Crippen LogP contribution in [-0.4, -0.2) is 20.5 Å². The number of nitrogens with zero attached hydrogens (tertiary/aromatic N) is 2. The third-order valence-electron chi connectivity index (χ3n) is 2.63. The molecule has 0 fully saturated rings. The van der Waals surface area contributed by atoms with E-state index in [1.54, 1.807) is 20.0 Å². The van der Waals surface area contributed by atoms with E-state index in [0.29, 0.717) is 5.39 Å². The van der Waals surface area contributed by atoms with Gasteiger partial charge in [-0.2, -0.15) is 5.10 Å². The number of aromatic nitrogens is 2. The summed E-state index contributed by atoms with van der Waals surface area (Å²) in [5.74, 6) is 0. The molecule has 17 heavy (non-hydrogen) atoms. The molecule has 4 nitrogen and oxygen atoms in total. The Balaban J connectivity index is 2.66. The van der Waals surface area contributed by atoms with E-state index in [4.69, 9.17) is 0 Å². The highest BCUT2D eigenvalue weighted by Crippen LogP contribution is 2.13. The fourth-order valence-corrected chi connectivity index (χ4v) is 1.88. The van der Waals surface area contributed by atoms with Crippen LogP contribution in [0.15, 0.2) is 29.2 Å². The first-order valence-corrected chi connectivity index (χ1v) is 5.56. The summed E-state index contributed by atoms with van der Waals surface area (Å²) in [6.45, 7) is 5.40. The summed E-state index contributed by atoms with van der Waals surface area (Å²) in [7, 11) is 0. The Kier molecular flexibility index (Phi) is 2.75. The molecule has 1 aromatic heterocycles. The molecule has 2 rings (SSSR count). The second-order valence-electron chi connectivity index (χ2n) is 4.96. The third kappa shape index (κ3) is 2.36. The first-order valence-electron chi connectivity index (χ1n) is 5.56. The van der Waals surface area contributed by atoms with Crippen molar-refractivity contribution in [2.24, 2.45) is 0 Å². The minimum atomic E-state index is -0.951. The van der Waals surface area contributed by atoms with E-state index in [9.17, 15) is 9.90 Å². The van der Waals surface area contributed by atoms with E-state index in [1.165, 1.54) is 4.68 Å². The minimum Gasteiger partial charge on any atom is -0.389 e. The SMILES string of the molecule is Cc1cccc2cnn(CC(C)(C)O)c(=O)c12. The Morgan fingerprint density at radius 1 is 1.41 bits per heavy atom. The highest BCUT2D eigenvalue weighted by atomic mass is 16.3. The van der Waals surface area contributed by atoms with Crippen LogP contribution in [0.25, 0.3) is 10.8 Å². The Labute approximate surface area is 99.5 Å². The van der Waals surface area contributed by atoms with Gasteiger partial charge < -0.3 is 5.11 Å². The average Bonchev–Trinajstić information content (AvgIpc) is 2.20. The summed E-state index contributed by atoms with van der Waals surface area (Å²) >= 11 is 0. The van der Waals surface area contributed by atoms with Crippen LogP contribution < -0.4 is 5.56 Å². The van der Waals surface area contributed by atoms with Gasteiger partial charge in [-0.05, 0) is 26.3 Å². The molecule has 0 unspecified atom stereocenters.